The van der Waals surface area contributed by atoms with Gasteiger partial charge in [-0.15, -0.1) is 0 Å². The van der Waals surface area contributed by atoms with Crippen molar-refractivity contribution in [3.63, 3.8) is 0 Å². The SMILES string of the molecule is CC.CON1C(=O)CCC1=O.O=C/C=C\C(=O)NCCC(=O)NCCCCCC=O. The normalized spacial score (nSPS) is 12.4. The van der Waals surface area contributed by atoms with Crippen LogP contribution in [0.1, 0.15) is 58.8 Å². The van der Waals surface area contributed by atoms with E-state index in [-0.39, 0.29) is 43.5 Å². The Morgan fingerprint density at radius 3 is 2.13 bits per heavy atom. The lowest BCUT2D eigenvalue weighted by molar-refractivity contribution is -0.179. The van der Waals surface area contributed by atoms with Crippen molar-refractivity contribution in [2.24, 2.45) is 0 Å². The highest BCUT2D eigenvalue weighted by molar-refractivity contribution is 6.00. The maximum absolute atomic E-state index is 11.3. The summed E-state index contributed by atoms with van der Waals surface area (Å²) in [5.41, 5.74) is 0. The van der Waals surface area contributed by atoms with Gasteiger partial charge in [-0.1, -0.05) is 20.3 Å². The van der Waals surface area contributed by atoms with Gasteiger partial charge in [0, 0.05) is 44.8 Å². The summed E-state index contributed by atoms with van der Waals surface area (Å²) in [5.74, 6) is -1.02. The number of carbonyl (C=O) groups excluding carboxylic acids is 6. The number of aldehydes is 2. The van der Waals surface area contributed by atoms with E-state index >= 15 is 0 Å². The molecule has 1 heterocycles. The number of nitrogens with one attached hydrogen (secondary N) is 2. The van der Waals surface area contributed by atoms with Crippen LogP contribution >= 0.6 is 0 Å². The number of carbonyl (C=O) groups is 6. The molecule has 1 rings (SSSR count). The first-order valence-electron chi connectivity index (χ1n) is 9.96. The lowest BCUT2D eigenvalue weighted by Crippen LogP contribution is -2.30. The number of amides is 4. The third-order valence-electron chi connectivity index (χ3n) is 3.49. The van der Waals surface area contributed by atoms with Crippen molar-refractivity contribution in [3.8, 4) is 0 Å². The minimum absolute atomic E-state index is 0.130. The Labute approximate surface area is 177 Å². The molecule has 0 atom stereocenters. The van der Waals surface area contributed by atoms with E-state index in [4.69, 9.17) is 0 Å². The number of unbranched alkanes of at least 4 members (excludes halogenated alkanes) is 3. The summed E-state index contributed by atoms with van der Waals surface area (Å²) in [5, 5.41) is 6.00. The van der Waals surface area contributed by atoms with Gasteiger partial charge in [0.05, 0.1) is 7.11 Å². The summed E-state index contributed by atoms with van der Waals surface area (Å²) in [6.07, 6.45) is 7.53. The molecule has 10 heteroatoms. The molecule has 2 N–H and O–H groups in total. The van der Waals surface area contributed by atoms with E-state index in [1.807, 2.05) is 13.8 Å². The third-order valence-corrected chi connectivity index (χ3v) is 3.49. The van der Waals surface area contributed by atoms with Gasteiger partial charge in [0.1, 0.15) is 12.6 Å². The van der Waals surface area contributed by atoms with Gasteiger partial charge in [-0.05, 0) is 18.9 Å². The molecule has 0 spiro atoms. The largest absolute Gasteiger partial charge is 0.356 e. The zero-order valence-electron chi connectivity index (χ0n) is 18.0. The highest BCUT2D eigenvalue weighted by Gasteiger charge is 2.28. The minimum atomic E-state index is -0.395. The molecule has 0 bridgehead atoms. The predicted octanol–water partition coefficient (Wildman–Crippen LogP) is 0.846. The molecular formula is C20H33N3O7. The zero-order chi connectivity index (χ0) is 23.2. The fraction of sp³-hybridized carbons (Fsp3) is 0.600. The topological polar surface area (TPSA) is 139 Å². The van der Waals surface area contributed by atoms with Crippen LogP contribution in [0.4, 0.5) is 0 Å². The first kappa shape index (κ1) is 29.3. The Hall–Kier alpha value is -2.88. The second kappa shape index (κ2) is 20.8. The Bertz CT molecular complexity index is 561. The fourth-order valence-corrected chi connectivity index (χ4v) is 2.09. The van der Waals surface area contributed by atoms with Crippen molar-refractivity contribution in [3.05, 3.63) is 12.2 Å². The van der Waals surface area contributed by atoms with Crippen molar-refractivity contribution >= 4 is 36.2 Å². The highest BCUT2D eigenvalue weighted by atomic mass is 16.7. The molecule has 0 aromatic rings. The number of nitrogens with zero attached hydrogens (tertiary/aromatic N) is 1. The molecule has 0 radical (unpaired) electrons. The molecule has 4 amide bonds. The van der Waals surface area contributed by atoms with Crippen LogP contribution in [0.3, 0.4) is 0 Å². The molecule has 1 saturated heterocycles. The van der Waals surface area contributed by atoms with Crippen LogP contribution < -0.4 is 10.6 Å². The number of imide groups is 1. The molecule has 0 aromatic carbocycles. The number of hydrogen-bond acceptors (Lipinski definition) is 7. The highest BCUT2D eigenvalue weighted by Crippen LogP contribution is 2.10. The smallest absolute Gasteiger partial charge is 0.253 e. The molecular weight excluding hydrogens is 394 g/mol. The first-order valence-corrected chi connectivity index (χ1v) is 9.96. The van der Waals surface area contributed by atoms with Gasteiger partial charge in [-0.2, -0.15) is 5.06 Å². The average Bonchev–Trinajstić information content (AvgIpc) is 3.08. The summed E-state index contributed by atoms with van der Waals surface area (Å²) in [7, 11) is 1.31. The molecule has 1 aliphatic rings. The second-order valence-corrected chi connectivity index (χ2v) is 5.67. The predicted molar refractivity (Wildman–Crippen MR) is 110 cm³/mol. The second-order valence-electron chi connectivity index (χ2n) is 5.67. The zero-order valence-corrected chi connectivity index (χ0v) is 18.0. The van der Waals surface area contributed by atoms with Crippen LogP contribution in [0.15, 0.2) is 12.2 Å². The molecule has 170 valence electrons. The maximum atomic E-state index is 11.3. The first-order chi connectivity index (χ1) is 14.5. The number of allylic oxidation sites excluding steroid dienone is 1. The third kappa shape index (κ3) is 16.1. The number of rotatable bonds is 12. The standard InChI is InChI=1S/C13H20N2O4.C5H7NO3.C2H6/c16-10-4-2-1-3-8-14-13(19)7-9-15-12(18)6-5-11-17;1-9-6-4(7)2-3-5(6)8;1-2/h5-6,10-11H,1-4,7-9H2,(H,14,19)(H,15,18);2-3H2,1H3;1-2H3/b6-5-;;. The van der Waals surface area contributed by atoms with Gasteiger partial charge in [0.25, 0.3) is 11.8 Å². The molecule has 0 saturated carbocycles. The van der Waals surface area contributed by atoms with Gasteiger partial charge in [0.2, 0.25) is 11.8 Å². The van der Waals surface area contributed by atoms with Crippen molar-refractivity contribution in [1.82, 2.24) is 15.7 Å². The monoisotopic (exact) mass is 427 g/mol. The Kier molecular flexibility index (Phi) is 20.4. The molecule has 0 unspecified atom stereocenters. The van der Waals surface area contributed by atoms with E-state index < -0.39 is 5.91 Å². The Morgan fingerprint density at radius 1 is 1.00 bits per heavy atom. The number of hydrogen-bond donors (Lipinski definition) is 2. The minimum Gasteiger partial charge on any atom is -0.356 e. The molecule has 30 heavy (non-hydrogen) atoms. The van der Waals surface area contributed by atoms with Crippen molar-refractivity contribution in [2.45, 2.75) is 58.8 Å². The Morgan fingerprint density at radius 2 is 1.63 bits per heavy atom. The van der Waals surface area contributed by atoms with E-state index in [9.17, 15) is 28.8 Å². The van der Waals surface area contributed by atoms with Crippen LogP contribution in [-0.2, 0) is 33.6 Å². The van der Waals surface area contributed by atoms with Crippen molar-refractivity contribution < 1.29 is 33.6 Å². The maximum Gasteiger partial charge on any atom is 0.253 e. The summed E-state index contributed by atoms with van der Waals surface area (Å²) in [4.78, 5) is 68.0. The van der Waals surface area contributed by atoms with E-state index in [0.717, 1.165) is 42.8 Å². The van der Waals surface area contributed by atoms with Crippen molar-refractivity contribution in [2.75, 3.05) is 20.2 Å². The molecule has 1 fully saturated rings. The van der Waals surface area contributed by atoms with Crippen LogP contribution in [0.2, 0.25) is 0 Å². The Balaban J connectivity index is 0. The van der Waals surface area contributed by atoms with Crippen LogP contribution in [0, 0.1) is 0 Å². The van der Waals surface area contributed by atoms with Gasteiger partial charge >= 0.3 is 0 Å². The van der Waals surface area contributed by atoms with E-state index in [2.05, 4.69) is 15.5 Å². The van der Waals surface area contributed by atoms with Crippen LogP contribution in [0.25, 0.3) is 0 Å². The van der Waals surface area contributed by atoms with E-state index in [1.165, 1.54) is 7.11 Å². The lowest BCUT2D eigenvalue weighted by atomic mass is 10.2. The van der Waals surface area contributed by atoms with Gasteiger partial charge in [-0.25, -0.2) is 0 Å². The van der Waals surface area contributed by atoms with Gasteiger partial charge in [0.15, 0.2) is 0 Å². The number of hydroxylamine groups is 2. The summed E-state index contributed by atoms with van der Waals surface area (Å²) >= 11 is 0. The lowest BCUT2D eigenvalue weighted by Gasteiger charge is -2.07. The van der Waals surface area contributed by atoms with E-state index in [1.54, 1.807) is 0 Å². The summed E-state index contributed by atoms with van der Waals surface area (Å²) in [6, 6.07) is 0. The summed E-state index contributed by atoms with van der Waals surface area (Å²) in [6.45, 7) is 4.82. The van der Waals surface area contributed by atoms with Gasteiger partial charge < -0.3 is 15.4 Å². The fourth-order valence-electron chi connectivity index (χ4n) is 2.09. The van der Waals surface area contributed by atoms with Crippen LogP contribution in [0.5, 0.6) is 0 Å². The molecule has 0 aliphatic carbocycles. The molecule has 10 nitrogen and oxygen atoms in total. The average molecular weight is 427 g/mol. The molecule has 1 aliphatic heterocycles. The summed E-state index contributed by atoms with van der Waals surface area (Å²) < 4.78 is 0. The van der Waals surface area contributed by atoms with Gasteiger partial charge in [-0.3, -0.25) is 28.8 Å². The van der Waals surface area contributed by atoms with Crippen molar-refractivity contribution in [1.29, 1.82) is 0 Å². The molecule has 0 aromatic heterocycles. The van der Waals surface area contributed by atoms with E-state index in [0.29, 0.717) is 19.3 Å². The van der Waals surface area contributed by atoms with Crippen LogP contribution in [-0.4, -0.2) is 61.5 Å². The quantitative estimate of drug-likeness (QED) is 0.204.